The summed E-state index contributed by atoms with van der Waals surface area (Å²) in [7, 11) is -2.01. The lowest BCUT2D eigenvalue weighted by Gasteiger charge is -2.23. The third kappa shape index (κ3) is 4.20. The highest BCUT2D eigenvalue weighted by molar-refractivity contribution is 7.89. The van der Waals surface area contributed by atoms with Gasteiger partial charge >= 0.3 is 0 Å². The minimum Gasteiger partial charge on any atom is -0.495 e. The van der Waals surface area contributed by atoms with Crippen LogP contribution in [0.5, 0.6) is 5.75 Å². The molecule has 0 aliphatic rings. The molecule has 0 radical (unpaired) electrons. The largest absolute Gasteiger partial charge is 0.495 e. The van der Waals surface area contributed by atoms with E-state index in [1.54, 1.807) is 16.4 Å². The van der Waals surface area contributed by atoms with Crippen molar-refractivity contribution in [1.82, 2.24) is 4.31 Å². The number of methoxy groups -OCH3 is 1. The molecule has 4 nitrogen and oxygen atoms in total. The second-order valence-corrected chi connectivity index (χ2v) is 7.38. The van der Waals surface area contributed by atoms with Crippen LogP contribution in [0.15, 0.2) is 23.1 Å². The van der Waals surface area contributed by atoms with Gasteiger partial charge in [-0.2, -0.15) is 4.31 Å². The smallest absolute Gasteiger partial charge is 0.246 e. The third-order valence-corrected chi connectivity index (χ3v) is 5.34. The lowest BCUT2D eigenvalue weighted by molar-refractivity contribution is 0.387. The van der Waals surface area contributed by atoms with Crippen LogP contribution in [0.3, 0.4) is 0 Å². The second kappa shape index (κ2) is 7.80. The van der Waals surface area contributed by atoms with Crippen LogP contribution in [-0.2, 0) is 10.0 Å². The van der Waals surface area contributed by atoms with Gasteiger partial charge in [-0.15, -0.1) is 0 Å². The maximum Gasteiger partial charge on any atom is 0.246 e. The lowest BCUT2D eigenvalue weighted by Crippen LogP contribution is -2.32. The van der Waals surface area contributed by atoms with Gasteiger partial charge in [-0.05, 0) is 36.5 Å². The summed E-state index contributed by atoms with van der Waals surface area (Å²) in [6, 6.07) is 5.42. The van der Waals surface area contributed by atoms with Crippen molar-refractivity contribution in [1.29, 1.82) is 0 Å². The summed E-state index contributed by atoms with van der Waals surface area (Å²) < 4.78 is 32.6. The highest BCUT2D eigenvalue weighted by atomic mass is 32.2. The van der Waals surface area contributed by atoms with Crippen molar-refractivity contribution in [2.24, 2.45) is 0 Å². The van der Waals surface area contributed by atoms with Crippen LogP contribution in [0, 0.1) is 0 Å². The molecule has 0 bridgehead atoms. The normalized spacial score (nSPS) is 12.1. The molecule has 0 N–H and O–H groups in total. The average molecular weight is 313 g/mol. The van der Waals surface area contributed by atoms with Crippen LogP contribution < -0.4 is 4.74 Å². The van der Waals surface area contributed by atoms with Gasteiger partial charge in [0.15, 0.2) is 0 Å². The van der Waals surface area contributed by atoms with Gasteiger partial charge < -0.3 is 4.74 Å². The van der Waals surface area contributed by atoms with Crippen LogP contribution in [0.4, 0.5) is 0 Å². The molecule has 0 amide bonds. The summed E-state index contributed by atoms with van der Waals surface area (Å²) in [5, 5.41) is 0. The first-order chi connectivity index (χ1) is 9.88. The lowest BCUT2D eigenvalue weighted by atomic mass is 10.0. The van der Waals surface area contributed by atoms with Crippen molar-refractivity contribution in [3.8, 4) is 5.75 Å². The van der Waals surface area contributed by atoms with Gasteiger partial charge in [-0.3, -0.25) is 0 Å². The van der Waals surface area contributed by atoms with Crippen LogP contribution in [-0.4, -0.2) is 32.9 Å². The molecule has 0 fully saturated rings. The quantitative estimate of drug-likeness (QED) is 0.736. The predicted octanol–water partition coefficient (Wildman–Crippen LogP) is 3.63. The van der Waals surface area contributed by atoms with E-state index in [4.69, 9.17) is 4.74 Å². The molecule has 0 aliphatic carbocycles. The van der Waals surface area contributed by atoms with E-state index in [1.165, 1.54) is 7.11 Å². The summed E-state index contributed by atoms with van der Waals surface area (Å²) >= 11 is 0. The summed E-state index contributed by atoms with van der Waals surface area (Å²) in [6.45, 7) is 9.14. The fourth-order valence-corrected chi connectivity index (χ4v) is 4.06. The maximum atomic E-state index is 12.9. The number of benzene rings is 1. The number of nitrogens with zero attached hydrogens (tertiary/aromatic N) is 1. The van der Waals surface area contributed by atoms with E-state index < -0.39 is 10.0 Å². The van der Waals surface area contributed by atoms with Gasteiger partial charge in [0.05, 0.1) is 7.11 Å². The Kier molecular flexibility index (Phi) is 6.68. The molecule has 0 aromatic heterocycles. The maximum absolute atomic E-state index is 12.9. The number of hydrogen-bond donors (Lipinski definition) is 0. The molecule has 0 heterocycles. The molecule has 0 aliphatic heterocycles. The van der Waals surface area contributed by atoms with Gasteiger partial charge in [-0.25, -0.2) is 8.42 Å². The van der Waals surface area contributed by atoms with Crippen LogP contribution >= 0.6 is 0 Å². The van der Waals surface area contributed by atoms with E-state index in [9.17, 15) is 8.42 Å². The fraction of sp³-hybridized carbons (Fsp3) is 0.625. The molecule has 1 aromatic rings. The van der Waals surface area contributed by atoms with E-state index >= 15 is 0 Å². The Morgan fingerprint density at radius 2 is 1.71 bits per heavy atom. The molecular formula is C16H27NO3S. The van der Waals surface area contributed by atoms with E-state index in [2.05, 4.69) is 0 Å². The van der Waals surface area contributed by atoms with Crippen molar-refractivity contribution < 1.29 is 13.2 Å². The topological polar surface area (TPSA) is 46.6 Å². The zero-order valence-electron chi connectivity index (χ0n) is 13.7. The molecule has 0 atom stereocenters. The van der Waals surface area contributed by atoms with Crippen molar-refractivity contribution in [3.63, 3.8) is 0 Å². The Labute approximate surface area is 129 Å². The zero-order chi connectivity index (χ0) is 16.0. The number of sulfonamides is 1. The van der Waals surface area contributed by atoms with Crippen molar-refractivity contribution >= 4 is 10.0 Å². The van der Waals surface area contributed by atoms with E-state index in [0.29, 0.717) is 18.8 Å². The fourth-order valence-electron chi connectivity index (χ4n) is 2.24. The Morgan fingerprint density at radius 3 is 2.14 bits per heavy atom. The zero-order valence-corrected chi connectivity index (χ0v) is 14.5. The molecule has 0 saturated carbocycles. The standard InChI is InChI=1S/C16H27NO3S/c1-6-10-17(11-7-2)21(18,19)16-12-14(13(3)4)8-9-15(16)20-5/h8-9,12-13H,6-7,10-11H2,1-5H3. The first kappa shape index (κ1) is 18.0. The van der Waals surface area contributed by atoms with E-state index in [-0.39, 0.29) is 10.8 Å². The Balaban J connectivity index is 3.36. The van der Waals surface area contributed by atoms with Crippen LogP contribution in [0.2, 0.25) is 0 Å². The highest BCUT2D eigenvalue weighted by Gasteiger charge is 2.27. The molecule has 5 heteroatoms. The third-order valence-electron chi connectivity index (χ3n) is 3.42. The molecule has 0 saturated heterocycles. The number of hydrogen-bond acceptors (Lipinski definition) is 3. The van der Waals surface area contributed by atoms with E-state index in [0.717, 1.165) is 18.4 Å². The minimum atomic E-state index is -3.52. The SMILES string of the molecule is CCCN(CCC)S(=O)(=O)c1cc(C(C)C)ccc1OC. The van der Waals surface area contributed by atoms with Gasteiger partial charge in [0.1, 0.15) is 10.6 Å². The first-order valence-electron chi connectivity index (χ1n) is 7.56. The summed E-state index contributed by atoms with van der Waals surface area (Å²) in [5.74, 6) is 0.687. The Morgan fingerprint density at radius 1 is 1.14 bits per heavy atom. The minimum absolute atomic E-state index is 0.274. The number of rotatable bonds is 8. The summed E-state index contributed by atoms with van der Waals surface area (Å²) in [6.07, 6.45) is 1.59. The van der Waals surface area contributed by atoms with E-state index in [1.807, 2.05) is 33.8 Å². The Hall–Kier alpha value is -1.07. The van der Waals surface area contributed by atoms with Crippen molar-refractivity contribution in [2.45, 2.75) is 51.3 Å². The highest BCUT2D eigenvalue weighted by Crippen LogP contribution is 2.30. The molecule has 120 valence electrons. The van der Waals surface area contributed by atoms with Gasteiger partial charge in [0.2, 0.25) is 10.0 Å². The molecule has 0 spiro atoms. The molecule has 0 unspecified atom stereocenters. The summed E-state index contributed by atoms with van der Waals surface area (Å²) in [4.78, 5) is 0.276. The van der Waals surface area contributed by atoms with Gasteiger partial charge in [0, 0.05) is 13.1 Å². The van der Waals surface area contributed by atoms with Crippen LogP contribution in [0.25, 0.3) is 0 Å². The van der Waals surface area contributed by atoms with Gasteiger partial charge in [0.25, 0.3) is 0 Å². The number of ether oxygens (including phenoxy) is 1. The van der Waals surface area contributed by atoms with Crippen molar-refractivity contribution in [3.05, 3.63) is 23.8 Å². The summed E-state index contributed by atoms with van der Waals surface area (Å²) in [5.41, 5.74) is 1.00. The molecule has 1 rings (SSSR count). The molecule has 21 heavy (non-hydrogen) atoms. The average Bonchev–Trinajstić information content (AvgIpc) is 2.46. The molecular weight excluding hydrogens is 286 g/mol. The molecule has 1 aromatic carbocycles. The first-order valence-corrected chi connectivity index (χ1v) is 9.00. The predicted molar refractivity (Wildman–Crippen MR) is 86.4 cm³/mol. The van der Waals surface area contributed by atoms with Crippen LogP contribution in [0.1, 0.15) is 52.0 Å². The van der Waals surface area contributed by atoms with Crippen molar-refractivity contribution in [2.75, 3.05) is 20.2 Å². The van der Waals surface area contributed by atoms with Gasteiger partial charge in [-0.1, -0.05) is 33.8 Å². The Bertz CT molecular complexity index is 547. The monoisotopic (exact) mass is 313 g/mol. The second-order valence-electron chi connectivity index (χ2n) is 5.47.